The van der Waals surface area contributed by atoms with Crippen LogP contribution in [0.25, 0.3) is 0 Å². The van der Waals surface area contributed by atoms with Gasteiger partial charge in [0.1, 0.15) is 46.0 Å². The van der Waals surface area contributed by atoms with Gasteiger partial charge in [0.05, 0.1) is 12.0 Å². The van der Waals surface area contributed by atoms with Crippen molar-refractivity contribution in [3.05, 3.63) is 26.9 Å². The zero-order valence-corrected chi connectivity index (χ0v) is 14.9. The normalized spacial score (nSPS) is 31.9. The summed E-state index contributed by atoms with van der Waals surface area (Å²) < 4.78 is 34.9. The number of hydrogen-bond donors (Lipinski definition) is 6. The lowest BCUT2D eigenvalue weighted by Gasteiger charge is -2.40. The van der Waals surface area contributed by atoms with E-state index < -0.39 is 49.2 Å². The molecule has 6 N–H and O–H groups in total. The van der Waals surface area contributed by atoms with Gasteiger partial charge in [0.2, 0.25) is 0 Å². The average Bonchev–Trinajstić information content (AvgIpc) is 2.68. The molecule has 1 fully saturated rings. The first-order valence-corrected chi connectivity index (χ1v) is 8.87. The fourth-order valence-electron chi connectivity index (χ4n) is 2.43. The van der Waals surface area contributed by atoms with Crippen LogP contribution in [-0.4, -0.2) is 81.7 Å². The molecule has 0 amide bonds. The summed E-state index contributed by atoms with van der Waals surface area (Å²) in [5.74, 6) is -3.90. The van der Waals surface area contributed by atoms with Crippen molar-refractivity contribution in [1.82, 2.24) is 9.55 Å². The summed E-state index contributed by atoms with van der Waals surface area (Å²) in [5, 5.41) is 25.9. The summed E-state index contributed by atoms with van der Waals surface area (Å²) >= 11 is 4.78. The van der Waals surface area contributed by atoms with Gasteiger partial charge in [0.15, 0.2) is 0 Å². The molecule has 1 aliphatic heterocycles. The number of rotatable bonds is 5. The lowest BCUT2D eigenvalue weighted by Crippen LogP contribution is -2.60. The summed E-state index contributed by atoms with van der Waals surface area (Å²) in [5.41, 5.74) is -4.13. The van der Waals surface area contributed by atoms with E-state index in [0.29, 0.717) is 4.57 Å². The molecule has 2 heterocycles. The highest BCUT2D eigenvalue weighted by Gasteiger charge is 2.68. The first-order chi connectivity index (χ1) is 12.1. The number of ether oxygens (including phenoxy) is 1. The first-order valence-electron chi connectivity index (χ1n) is 6.93. The number of aliphatic hydroxyl groups is 3. The van der Waals surface area contributed by atoms with Crippen molar-refractivity contribution in [1.29, 1.82) is 0 Å². The largest absolute Gasteiger partial charge is 0.468 e. The Morgan fingerprint density at radius 1 is 1.44 bits per heavy atom. The van der Waals surface area contributed by atoms with Gasteiger partial charge in [0, 0.05) is 11.8 Å². The fourth-order valence-corrected chi connectivity index (χ4v) is 3.16. The second kappa shape index (κ2) is 6.90. The van der Waals surface area contributed by atoms with Crippen molar-refractivity contribution in [3.8, 4) is 0 Å². The molecular formula is C10H11B3FN2O9PS. The van der Waals surface area contributed by atoms with Crippen LogP contribution in [0.15, 0.2) is 11.0 Å². The van der Waals surface area contributed by atoms with Crippen molar-refractivity contribution in [3.63, 3.8) is 0 Å². The molecule has 1 aromatic rings. The van der Waals surface area contributed by atoms with Crippen molar-refractivity contribution < 1.29 is 43.3 Å². The predicted octanol–water partition coefficient (Wildman–Crippen LogP) is -3.31. The van der Waals surface area contributed by atoms with Gasteiger partial charge in [-0.1, -0.05) is 12.2 Å². The maximum absolute atomic E-state index is 15.2. The molecule has 142 valence electrons. The van der Waals surface area contributed by atoms with Crippen LogP contribution < -0.4 is 5.69 Å². The molecule has 6 radical (unpaired) electrons. The van der Waals surface area contributed by atoms with Gasteiger partial charge in [0.25, 0.3) is 5.85 Å². The van der Waals surface area contributed by atoms with Gasteiger partial charge in [-0.3, -0.25) is 14.1 Å². The molecule has 0 aromatic carbocycles. The molecule has 0 unspecified atom stereocenters. The zero-order chi connectivity index (χ0) is 21.0. The number of phosphoric acid groups is 1. The van der Waals surface area contributed by atoms with Crippen LogP contribution >= 0.6 is 20.0 Å². The Labute approximate surface area is 159 Å². The lowest BCUT2D eigenvalue weighted by molar-refractivity contribution is -0.240. The molecule has 4 atom stereocenters. The molecular weight excluding hydrogens is 407 g/mol. The molecule has 0 bridgehead atoms. The summed E-state index contributed by atoms with van der Waals surface area (Å²) in [6.07, 6.45) is -4.36. The Morgan fingerprint density at radius 2 is 2.00 bits per heavy atom. The lowest BCUT2D eigenvalue weighted by atomic mass is 9.59. The second-order valence-corrected chi connectivity index (χ2v) is 7.28. The molecule has 1 aliphatic rings. The van der Waals surface area contributed by atoms with E-state index in [0.717, 1.165) is 6.20 Å². The summed E-state index contributed by atoms with van der Waals surface area (Å²) in [6.45, 7) is -0.690. The molecule has 0 saturated carbocycles. The maximum Gasteiger partial charge on any atom is 0.468 e. The fraction of sp³-hybridized carbons (Fsp3) is 0.600. The number of aliphatic hydroxyl groups excluding tert-OH is 3. The minimum Gasteiger partial charge on any atom is -0.392 e. The van der Waals surface area contributed by atoms with Crippen molar-refractivity contribution in [2.45, 2.75) is 35.7 Å². The van der Waals surface area contributed by atoms with Crippen LogP contribution in [0.1, 0.15) is 5.56 Å². The number of alkyl halides is 1. The van der Waals surface area contributed by atoms with Gasteiger partial charge in [-0.25, -0.2) is 13.8 Å². The number of hydrogen-bond acceptors (Lipinski definition) is 8. The van der Waals surface area contributed by atoms with Crippen LogP contribution in [-0.2, 0) is 26.1 Å². The van der Waals surface area contributed by atoms with Crippen LogP contribution in [0.3, 0.4) is 0 Å². The van der Waals surface area contributed by atoms with E-state index in [1.54, 1.807) is 0 Å². The molecule has 17 heteroatoms. The SMILES string of the molecule is [B]C([B])(OP(=O)(O)O)[C@@]1(F)O[C@@]([B])(n2cc(CO)c(=S)[nH]c2=O)[C@H](O)[C@@H]1O. The Kier molecular flexibility index (Phi) is 5.74. The van der Waals surface area contributed by atoms with Crippen molar-refractivity contribution in [2.75, 3.05) is 0 Å². The van der Waals surface area contributed by atoms with E-state index in [-0.39, 0.29) is 10.2 Å². The van der Waals surface area contributed by atoms with E-state index in [1.165, 1.54) is 0 Å². The highest BCUT2D eigenvalue weighted by atomic mass is 32.1. The number of nitrogens with zero attached hydrogens (tertiary/aromatic N) is 1. The van der Waals surface area contributed by atoms with E-state index in [1.807, 2.05) is 0 Å². The number of nitrogens with one attached hydrogen (secondary N) is 1. The smallest absolute Gasteiger partial charge is 0.392 e. The highest BCUT2D eigenvalue weighted by Crippen LogP contribution is 2.50. The van der Waals surface area contributed by atoms with Gasteiger partial charge in [-0.2, -0.15) is 0 Å². The minimum atomic E-state index is -5.50. The zero-order valence-electron chi connectivity index (χ0n) is 13.2. The van der Waals surface area contributed by atoms with Crippen molar-refractivity contribution in [2.24, 2.45) is 0 Å². The molecule has 27 heavy (non-hydrogen) atoms. The van der Waals surface area contributed by atoms with E-state index in [2.05, 4.69) is 9.51 Å². The molecule has 11 nitrogen and oxygen atoms in total. The molecule has 0 aliphatic carbocycles. The van der Waals surface area contributed by atoms with Crippen LogP contribution in [0.4, 0.5) is 4.39 Å². The standard InChI is InChI=1S/C10H11B3FN2O9PS/c11-9(16-1-3(2-17)6(27)15-7(16)20)5(19)4(18)8(14,24-9)10(12,13)25-26(21,22)23/h1,4-5,17-19H,2H2,(H,15,20,27)(H2,21,22,23)/t4-,5+,8-,9-/m0/s1. The number of aromatic amines is 1. The monoisotopic (exact) mass is 418 g/mol. The Morgan fingerprint density at radius 3 is 2.48 bits per heavy atom. The topological polar surface area (TPSA) is 174 Å². The summed E-state index contributed by atoms with van der Waals surface area (Å²) in [4.78, 5) is 31.8. The number of aromatic nitrogens is 2. The molecule has 1 saturated heterocycles. The average molecular weight is 418 g/mol. The Bertz CT molecular complexity index is 909. The van der Waals surface area contributed by atoms with E-state index >= 15 is 4.39 Å². The summed E-state index contributed by atoms with van der Waals surface area (Å²) in [6, 6.07) is 0. The van der Waals surface area contributed by atoms with Gasteiger partial charge < -0.3 is 29.8 Å². The van der Waals surface area contributed by atoms with E-state index in [4.69, 9.17) is 50.3 Å². The number of H-pyrrole nitrogens is 1. The van der Waals surface area contributed by atoms with Gasteiger partial charge in [-0.15, -0.1) is 0 Å². The Balaban J connectivity index is 2.60. The Hall–Kier alpha value is -0.825. The predicted molar refractivity (Wildman–Crippen MR) is 89.8 cm³/mol. The number of halogens is 1. The second-order valence-electron chi connectivity index (χ2n) is 5.71. The molecule has 2 rings (SSSR count). The third-order valence-electron chi connectivity index (χ3n) is 3.78. The van der Waals surface area contributed by atoms with Gasteiger partial charge in [-0.05, 0) is 0 Å². The first kappa shape index (κ1) is 22.5. The minimum absolute atomic E-state index is 0.0886. The molecule has 1 aromatic heterocycles. The highest BCUT2D eigenvalue weighted by molar-refractivity contribution is 7.71. The number of phosphoric ester groups is 1. The summed E-state index contributed by atoms with van der Waals surface area (Å²) in [7, 11) is 10.6. The third-order valence-corrected chi connectivity index (χ3v) is 4.68. The quantitative estimate of drug-likeness (QED) is 0.162. The molecule has 0 spiro atoms. The van der Waals surface area contributed by atoms with Gasteiger partial charge >= 0.3 is 13.5 Å². The van der Waals surface area contributed by atoms with Crippen molar-refractivity contribution >= 4 is 43.6 Å². The van der Waals surface area contributed by atoms with Crippen LogP contribution in [0.2, 0.25) is 0 Å². The van der Waals surface area contributed by atoms with E-state index in [9.17, 15) is 24.7 Å². The maximum atomic E-state index is 15.2. The van der Waals surface area contributed by atoms with Crippen LogP contribution in [0, 0.1) is 4.64 Å². The van der Waals surface area contributed by atoms with Crippen LogP contribution in [0.5, 0.6) is 0 Å². The third kappa shape index (κ3) is 3.73.